The van der Waals surface area contributed by atoms with E-state index in [0.29, 0.717) is 35.2 Å². The highest BCUT2D eigenvalue weighted by Gasteiger charge is 2.31. The Hall–Kier alpha value is -3.55. The summed E-state index contributed by atoms with van der Waals surface area (Å²) in [5, 5.41) is 29.3. The highest BCUT2D eigenvalue weighted by atomic mass is 19.1. The number of hydrogen-bond acceptors (Lipinski definition) is 7. The number of hydrogen-bond donors (Lipinski definition) is 3. The number of alkyl halides is 1. The summed E-state index contributed by atoms with van der Waals surface area (Å²) in [4.78, 5) is 17.4. The van der Waals surface area contributed by atoms with E-state index in [-0.39, 0.29) is 18.2 Å². The van der Waals surface area contributed by atoms with Crippen molar-refractivity contribution in [3.8, 4) is 17.5 Å². The quantitative estimate of drug-likeness (QED) is 0.430. The van der Waals surface area contributed by atoms with E-state index in [1.807, 2.05) is 12.1 Å². The molecule has 1 amide bonds. The number of halogens is 1. The zero-order valence-electron chi connectivity index (χ0n) is 20.0. The lowest BCUT2D eigenvalue weighted by atomic mass is 9.80. The molecule has 184 valence electrons. The van der Waals surface area contributed by atoms with Gasteiger partial charge in [0.1, 0.15) is 12.2 Å². The average Bonchev–Trinajstić information content (AvgIpc) is 3.23. The second kappa shape index (κ2) is 9.98. The summed E-state index contributed by atoms with van der Waals surface area (Å²) >= 11 is 0. The molecular formula is C25H29FN6O3. The number of nitrogens with zero attached hydrogens (tertiary/aromatic N) is 4. The van der Waals surface area contributed by atoms with Crippen LogP contribution in [0.2, 0.25) is 0 Å². The Labute approximate surface area is 202 Å². The van der Waals surface area contributed by atoms with Gasteiger partial charge in [0.25, 0.3) is 5.91 Å². The fraction of sp³-hybridized carbons (Fsp3) is 0.440. The maximum atomic E-state index is 14.2. The molecule has 4 rings (SSSR count). The van der Waals surface area contributed by atoms with Crippen molar-refractivity contribution in [2.75, 3.05) is 25.6 Å². The Morgan fingerprint density at radius 2 is 2.14 bits per heavy atom. The van der Waals surface area contributed by atoms with Crippen molar-refractivity contribution >= 4 is 17.1 Å². The summed E-state index contributed by atoms with van der Waals surface area (Å²) in [5.41, 5.74) is 1.80. The van der Waals surface area contributed by atoms with Gasteiger partial charge in [-0.05, 0) is 56.9 Å². The standard InChI is InChI=1S/C25H29FN6O3/c1-25(2,34)23(26)13-29-24(33)19-12-28-21(9-20(19)31-17-6-15(7-17)14-35-3)22-5-4-18-8-16(10-27)11-30-32(18)22/h4-5,8-9,11-12,15,17,23,34H,6-7,13-14H2,1-3H3,(H,28,31)(H,29,33)/t15?,17?,23-/m1/s1. The first-order chi connectivity index (χ1) is 16.7. The molecule has 3 N–H and O–H groups in total. The van der Waals surface area contributed by atoms with Crippen LogP contribution in [0.15, 0.2) is 36.7 Å². The first-order valence-corrected chi connectivity index (χ1v) is 11.5. The van der Waals surface area contributed by atoms with Crippen molar-refractivity contribution < 1.29 is 19.0 Å². The number of pyridine rings is 1. The normalized spacial score (nSPS) is 18.5. The van der Waals surface area contributed by atoms with Gasteiger partial charge in [-0.15, -0.1) is 0 Å². The second-order valence-corrected chi connectivity index (χ2v) is 9.49. The maximum Gasteiger partial charge on any atom is 0.255 e. The Morgan fingerprint density at radius 1 is 1.37 bits per heavy atom. The van der Waals surface area contributed by atoms with Gasteiger partial charge >= 0.3 is 0 Å². The number of anilines is 1. The molecule has 10 heteroatoms. The summed E-state index contributed by atoms with van der Waals surface area (Å²) < 4.78 is 21.1. The molecule has 3 aromatic rings. The number of fused-ring (bicyclic) bond motifs is 1. The molecule has 0 saturated heterocycles. The van der Waals surface area contributed by atoms with E-state index in [4.69, 9.17) is 10.00 Å². The SMILES string of the molecule is COCC1CC(Nc2cc(-c3ccc4cc(C#N)cnn34)ncc2C(=O)NC[C@@H](F)C(C)(C)O)C1. The van der Waals surface area contributed by atoms with Crippen LogP contribution in [0.4, 0.5) is 10.1 Å². The van der Waals surface area contributed by atoms with Gasteiger partial charge in [0.15, 0.2) is 0 Å². The number of methoxy groups -OCH3 is 1. The Morgan fingerprint density at radius 3 is 2.83 bits per heavy atom. The van der Waals surface area contributed by atoms with Crippen LogP contribution < -0.4 is 10.6 Å². The molecule has 0 aromatic carbocycles. The Kier molecular flexibility index (Phi) is 7.00. The predicted molar refractivity (Wildman–Crippen MR) is 129 cm³/mol. The number of nitrogens with one attached hydrogen (secondary N) is 2. The number of carbonyl (C=O) groups is 1. The average molecular weight is 481 g/mol. The van der Waals surface area contributed by atoms with Gasteiger partial charge in [-0.3, -0.25) is 9.78 Å². The van der Waals surface area contributed by atoms with Crippen LogP contribution in [0, 0.1) is 17.2 Å². The molecule has 1 fully saturated rings. The van der Waals surface area contributed by atoms with Crippen LogP contribution in [-0.2, 0) is 4.74 Å². The molecule has 0 bridgehead atoms. The molecule has 1 aliphatic carbocycles. The lowest BCUT2D eigenvalue weighted by Crippen LogP contribution is -2.42. The predicted octanol–water partition coefficient (Wildman–Crippen LogP) is 2.94. The Bertz CT molecular complexity index is 1260. The minimum absolute atomic E-state index is 0.169. The van der Waals surface area contributed by atoms with Gasteiger partial charge in [-0.25, -0.2) is 8.91 Å². The van der Waals surface area contributed by atoms with E-state index in [1.165, 1.54) is 26.2 Å². The smallest absolute Gasteiger partial charge is 0.255 e. The zero-order valence-corrected chi connectivity index (χ0v) is 20.0. The topological polar surface area (TPSA) is 125 Å². The molecule has 0 unspecified atom stereocenters. The van der Waals surface area contributed by atoms with Gasteiger partial charge in [0.05, 0.1) is 52.1 Å². The third kappa shape index (κ3) is 5.42. The van der Waals surface area contributed by atoms with Crippen molar-refractivity contribution in [2.24, 2.45) is 5.92 Å². The summed E-state index contributed by atoms with van der Waals surface area (Å²) in [7, 11) is 1.68. The van der Waals surface area contributed by atoms with E-state index in [1.54, 1.807) is 23.8 Å². The van der Waals surface area contributed by atoms with Crippen molar-refractivity contribution in [3.63, 3.8) is 0 Å². The van der Waals surface area contributed by atoms with Crippen LogP contribution in [0.5, 0.6) is 0 Å². The molecule has 3 heterocycles. The van der Waals surface area contributed by atoms with Crippen molar-refractivity contribution in [1.29, 1.82) is 5.26 Å². The molecule has 1 saturated carbocycles. The molecule has 3 aromatic heterocycles. The van der Waals surface area contributed by atoms with Crippen molar-refractivity contribution in [2.45, 2.75) is 44.5 Å². The first kappa shape index (κ1) is 24.6. The number of aliphatic hydroxyl groups is 1. The fourth-order valence-corrected chi connectivity index (χ4v) is 4.12. The van der Waals surface area contributed by atoms with E-state index >= 15 is 0 Å². The van der Waals surface area contributed by atoms with Gasteiger partial charge in [0, 0.05) is 26.0 Å². The van der Waals surface area contributed by atoms with Crippen LogP contribution in [0.1, 0.15) is 42.6 Å². The molecule has 9 nitrogen and oxygen atoms in total. The fourth-order valence-electron chi connectivity index (χ4n) is 4.12. The van der Waals surface area contributed by atoms with Crippen molar-refractivity contribution in [1.82, 2.24) is 19.9 Å². The van der Waals surface area contributed by atoms with Crippen LogP contribution >= 0.6 is 0 Å². The molecule has 0 aliphatic heterocycles. The van der Waals surface area contributed by atoms with Crippen LogP contribution in [-0.4, -0.2) is 63.7 Å². The number of amides is 1. The third-order valence-electron chi connectivity index (χ3n) is 6.25. The number of ether oxygens (including phenoxy) is 1. The highest BCUT2D eigenvalue weighted by Crippen LogP contribution is 2.33. The van der Waals surface area contributed by atoms with Gasteiger partial charge in [-0.2, -0.15) is 10.4 Å². The highest BCUT2D eigenvalue weighted by molar-refractivity contribution is 6.00. The van der Waals surface area contributed by atoms with E-state index in [0.717, 1.165) is 18.4 Å². The number of rotatable bonds is 9. The molecule has 1 atom stereocenters. The molecule has 1 aliphatic rings. The lowest BCUT2D eigenvalue weighted by Gasteiger charge is -2.36. The molecular weight excluding hydrogens is 451 g/mol. The number of carbonyl (C=O) groups excluding carboxylic acids is 1. The monoisotopic (exact) mass is 480 g/mol. The first-order valence-electron chi connectivity index (χ1n) is 11.5. The second-order valence-electron chi connectivity index (χ2n) is 9.49. The number of nitriles is 1. The Balaban J connectivity index is 1.62. The zero-order chi connectivity index (χ0) is 25.2. The number of aromatic nitrogens is 3. The van der Waals surface area contributed by atoms with Crippen LogP contribution in [0.3, 0.4) is 0 Å². The molecule has 0 radical (unpaired) electrons. The molecule has 0 spiro atoms. The summed E-state index contributed by atoms with van der Waals surface area (Å²) in [6.07, 6.45) is 3.14. The van der Waals surface area contributed by atoms with Gasteiger partial charge in [0.2, 0.25) is 0 Å². The minimum atomic E-state index is -1.62. The van der Waals surface area contributed by atoms with E-state index < -0.39 is 17.7 Å². The minimum Gasteiger partial charge on any atom is -0.387 e. The third-order valence-corrected chi connectivity index (χ3v) is 6.25. The van der Waals surface area contributed by atoms with Crippen molar-refractivity contribution in [3.05, 3.63) is 47.8 Å². The van der Waals surface area contributed by atoms with E-state index in [9.17, 15) is 14.3 Å². The van der Waals surface area contributed by atoms with Gasteiger partial charge in [-0.1, -0.05) is 0 Å². The van der Waals surface area contributed by atoms with Crippen LogP contribution in [0.25, 0.3) is 16.9 Å². The maximum absolute atomic E-state index is 14.2. The van der Waals surface area contributed by atoms with Gasteiger partial charge < -0.3 is 20.5 Å². The lowest BCUT2D eigenvalue weighted by molar-refractivity contribution is -0.00177. The van der Waals surface area contributed by atoms with E-state index in [2.05, 4.69) is 26.8 Å². The largest absolute Gasteiger partial charge is 0.387 e. The molecule has 35 heavy (non-hydrogen) atoms. The summed E-state index contributed by atoms with van der Waals surface area (Å²) in [6, 6.07) is 9.46. The summed E-state index contributed by atoms with van der Waals surface area (Å²) in [5.74, 6) is -0.0220. The summed E-state index contributed by atoms with van der Waals surface area (Å²) in [6.45, 7) is 3.08.